The fourth-order valence-corrected chi connectivity index (χ4v) is 4.23. The molecule has 2 aliphatic rings. The van der Waals surface area contributed by atoms with Crippen LogP contribution in [0.2, 0.25) is 0 Å². The average molecular weight is 412 g/mol. The molecule has 1 fully saturated rings. The fraction of sp³-hybridized carbons (Fsp3) is 0.154. The normalized spacial score (nSPS) is 16.0. The van der Waals surface area contributed by atoms with Crippen LogP contribution in [0, 0.1) is 5.82 Å². The molecule has 0 saturated carbocycles. The average Bonchev–Trinajstić information content (AvgIpc) is 3.05. The van der Waals surface area contributed by atoms with E-state index in [1.165, 1.54) is 12.1 Å². The molecular formula is C26H21FN2O2. The van der Waals surface area contributed by atoms with Crippen LogP contribution in [0.4, 0.5) is 15.8 Å². The van der Waals surface area contributed by atoms with E-state index in [0.717, 1.165) is 43.1 Å². The van der Waals surface area contributed by atoms with Crippen LogP contribution in [0.15, 0.2) is 78.4 Å². The molecule has 31 heavy (non-hydrogen) atoms. The quantitative estimate of drug-likeness (QED) is 0.465. The SMILES string of the molecule is O=C1C(=Cc2ccc(N3CCN(c4ccc(F)cc4)CC3)cc2)C(=O)c2ccccc21. The lowest BCUT2D eigenvalue weighted by atomic mass is 10.1. The fourth-order valence-electron chi connectivity index (χ4n) is 4.23. The largest absolute Gasteiger partial charge is 0.368 e. The topological polar surface area (TPSA) is 40.6 Å². The van der Waals surface area contributed by atoms with Crippen molar-refractivity contribution in [3.8, 4) is 0 Å². The molecule has 1 saturated heterocycles. The highest BCUT2D eigenvalue weighted by molar-refractivity contribution is 6.41. The Labute approximate surface area is 180 Å². The smallest absolute Gasteiger partial charge is 0.197 e. The van der Waals surface area contributed by atoms with E-state index in [-0.39, 0.29) is 23.0 Å². The summed E-state index contributed by atoms with van der Waals surface area (Å²) in [4.78, 5) is 29.7. The van der Waals surface area contributed by atoms with Crippen LogP contribution in [0.3, 0.4) is 0 Å². The number of ketones is 2. The first-order chi connectivity index (χ1) is 15.1. The number of benzene rings is 3. The van der Waals surface area contributed by atoms with Gasteiger partial charge >= 0.3 is 0 Å². The van der Waals surface area contributed by atoms with Gasteiger partial charge < -0.3 is 9.80 Å². The first kappa shape index (κ1) is 19.2. The Hall–Kier alpha value is -3.73. The molecule has 0 spiro atoms. The van der Waals surface area contributed by atoms with Gasteiger partial charge in [-0.25, -0.2) is 4.39 Å². The van der Waals surface area contributed by atoms with Crippen molar-refractivity contribution in [2.75, 3.05) is 36.0 Å². The van der Waals surface area contributed by atoms with E-state index in [9.17, 15) is 14.0 Å². The lowest BCUT2D eigenvalue weighted by Gasteiger charge is -2.37. The van der Waals surface area contributed by atoms with Crippen LogP contribution in [0.1, 0.15) is 26.3 Å². The monoisotopic (exact) mass is 412 g/mol. The maximum atomic E-state index is 13.1. The molecule has 3 aromatic carbocycles. The van der Waals surface area contributed by atoms with Gasteiger partial charge in [0, 0.05) is 48.7 Å². The molecule has 154 valence electrons. The summed E-state index contributed by atoms with van der Waals surface area (Å²) < 4.78 is 13.1. The number of fused-ring (bicyclic) bond motifs is 1. The van der Waals surface area contributed by atoms with Gasteiger partial charge in [-0.2, -0.15) is 0 Å². The Balaban J connectivity index is 1.27. The summed E-state index contributed by atoms with van der Waals surface area (Å²) in [5.41, 5.74) is 4.16. The van der Waals surface area contributed by atoms with Crippen molar-refractivity contribution in [2.24, 2.45) is 0 Å². The number of piperazine rings is 1. The zero-order valence-corrected chi connectivity index (χ0v) is 16.9. The number of carbonyl (C=O) groups excluding carboxylic acids is 2. The molecule has 3 aromatic rings. The predicted molar refractivity (Wildman–Crippen MR) is 120 cm³/mol. The zero-order chi connectivity index (χ0) is 21.4. The first-order valence-corrected chi connectivity index (χ1v) is 10.4. The van der Waals surface area contributed by atoms with Crippen molar-refractivity contribution in [2.45, 2.75) is 0 Å². The number of rotatable bonds is 3. The first-order valence-electron chi connectivity index (χ1n) is 10.4. The number of Topliss-reactive ketones (excluding diaryl/α,β-unsaturated/α-hetero) is 2. The van der Waals surface area contributed by atoms with Crippen LogP contribution in [-0.2, 0) is 0 Å². The van der Waals surface area contributed by atoms with Gasteiger partial charge in [-0.05, 0) is 48.0 Å². The van der Waals surface area contributed by atoms with Gasteiger partial charge in [-0.3, -0.25) is 9.59 Å². The van der Waals surface area contributed by atoms with E-state index >= 15 is 0 Å². The van der Waals surface area contributed by atoms with Crippen LogP contribution in [-0.4, -0.2) is 37.7 Å². The lowest BCUT2D eigenvalue weighted by molar-refractivity contribution is 0.0990. The van der Waals surface area contributed by atoms with E-state index in [1.54, 1.807) is 30.3 Å². The molecule has 0 amide bonds. The summed E-state index contributed by atoms with van der Waals surface area (Å²) in [6.45, 7) is 3.45. The van der Waals surface area contributed by atoms with Crippen molar-refractivity contribution in [3.05, 3.63) is 101 Å². The van der Waals surface area contributed by atoms with Crippen molar-refractivity contribution in [1.29, 1.82) is 0 Å². The summed E-state index contributed by atoms with van der Waals surface area (Å²) in [7, 11) is 0. The van der Waals surface area contributed by atoms with Gasteiger partial charge in [0.2, 0.25) is 0 Å². The highest BCUT2D eigenvalue weighted by Gasteiger charge is 2.32. The molecule has 1 aliphatic heterocycles. The van der Waals surface area contributed by atoms with Gasteiger partial charge in [0.15, 0.2) is 11.6 Å². The highest BCUT2D eigenvalue weighted by atomic mass is 19.1. The van der Waals surface area contributed by atoms with Gasteiger partial charge in [0.1, 0.15) is 5.82 Å². The Morgan fingerprint density at radius 3 is 1.58 bits per heavy atom. The number of hydrogen-bond donors (Lipinski definition) is 0. The minimum atomic E-state index is -0.220. The van der Waals surface area contributed by atoms with Gasteiger partial charge in [-0.15, -0.1) is 0 Å². The molecule has 0 bridgehead atoms. The predicted octanol–water partition coefficient (Wildman–Crippen LogP) is 4.61. The molecule has 0 unspecified atom stereocenters. The summed E-state index contributed by atoms with van der Waals surface area (Å²) >= 11 is 0. The van der Waals surface area contributed by atoms with E-state index < -0.39 is 0 Å². The Morgan fingerprint density at radius 2 is 1.10 bits per heavy atom. The third-order valence-electron chi connectivity index (χ3n) is 5.95. The second-order valence-corrected chi connectivity index (χ2v) is 7.80. The maximum Gasteiger partial charge on any atom is 0.197 e. The minimum Gasteiger partial charge on any atom is -0.368 e. The number of nitrogens with zero attached hydrogens (tertiary/aromatic N) is 2. The minimum absolute atomic E-state index is 0.207. The molecule has 4 nitrogen and oxygen atoms in total. The van der Waals surface area contributed by atoms with Gasteiger partial charge in [0.25, 0.3) is 0 Å². The third kappa shape index (κ3) is 3.63. The molecule has 0 aromatic heterocycles. The standard InChI is InChI=1S/C26H21FN2O2/c27-19-7-11-21(12-8-19)29-15-13-28(14-16-29)20-9-5-18(6-10-20)17-24-25(30)22-3-1-2-4-23(22)26(24)31/h1-12,17H,13-16H2. The Bertz CT molecular complexity index is 1140. The van der Waals surface area contributed by atoms with Crippen molar-refractivity contribution in [1.82, 2.24) is 0 Å². The number of hydrogen-bond acceptors (Lipinski definition) is 4. The molecular weight excluding hydrogens is 391 g/mol. The number of allylic oxidation sites excluding steroid dienone is 1. The van der Waals surface area contributed by atoms with Crippen molar-refractivity contribution in [3.63, 3.8) is 0 Å². The molecule has 5 heteroatoms. The Morgan fingerprint density at radius 1 is 0.645 bits per heavy atom. The van der Waals surface area contributed by atoms with Crippen LogP contribution < -0.4 is 9.80 Å². The summed E-state index contributed by atoms with van der Waals surface area (Å²) in [5, 5.41) is 0. The van der Waals surface area contributed by atoms with Crippen molar-refractivity contribution < 1.29 is 14.0 Å². The van der Waals surface area contributed by atoms with E-state index in [1.807, 2.05) is 36.4 Å². The van der Waals surface area contributed by atoms with Crippen LogP contribution >= 0.6 is 0 Å². The third-order valence-corrected chi connectivity index (χ3v) is 5.95. The van der Waals surface area contributed by atoms with Crippen LogP contribution in [0.5, 0.6) is 0 Å². The van der Waals surface area contributed by atoms with Gasteiger partial charge in [-0.1, -0.05) is 36.4 Å². The maximum absolute atomic E-state index is 13.1. The van der Waals surface area contributed by atoms with E-state index in [2.05, 4.69) is 9.80 Å². The molecule has 0 radical (unpaired) electrons. The number of carbonyl (C=O) groups is 2. The highest BCUT2D eigenvalue weighted by Crippen LogP contribution is 2.28. The molecule has 5 rings (SSSR count). The van der Waals surface area contributed by atoms with E-state index in [4.69, 9.17) is 0 Å². The Kier molecular flexibility index (Phi) is 4.86. The zero-order valence-electron chi connectivity index (χ0n) is 16.9. The molecule has 1 heterocycles. The lowest BCUT2D eigenvalue weighted by Crippen LogP contribution is -2.46. The van der Waals surface area contributed by atoms with Crippen LogP contribution in [0.25, 0.3) is 6.08 Å². The van der Waals surface area contributed by atoms with E-state index in [0.29, 0.717) is 11.1 Å². The summed E-state index contributed by atoms with van der Waals surface area (Å²) in [6, 6.07) is 21.5. The molecule has 0 N–H and O–H groups in total. The summed E-state index contributed by atoms with van der Waals surface area (Å²) in [5.74, 6) is -0.634. The summed E-state index contributed by atoms with van der Waals surface area (Å²) in [6.07, 6.45) is 1.68. The van der Waals surface area contributed by atoms with Gasteiger partial charge in [0.05, 0.1) is 5.57 Å². The number of halogens is 1. The number of anilines is 2. The molecule has 1 aliphatic carbocycles. The molecule has 0 atom stereocenters. The van der Waals surface area contributed by atoms with Crippen molar-refractivity contribution >= 4 is 29.0 Å². The second-order valence-electron chi connectivity index (χ2n) is 7.80. The second kappa shape index (κ2) is 7.84.